The quantitative estimate of drug-likeness (QED) is 0.513. The van der Waals surface area contributed by atoms with Gasteiger partial charge >= 0.3 is 0 Å². The van der Waals surface area contributed by atoms with E-state index in [1.165, 1.54) is 31.2 Å². The van der Waals surface area contributed by atoms with Gasteiger partial charge in [0.25, 0.3) is 0 Å². The van der Waals surface area contributed by atoms with E-state index in [4.69, 9.17) is 0 Å². The van der Waals surface area contributed by atoms with Gasteiger partial charge in [-0.2, -0.15) is 0 Å². The molecule has 0 saturated heterocycles. The molecular formula is C27H43NO2. The number of benzene rings is 2. The molecule has 1 amide bonds. The van der Waals surface area contributed by atoms with Crippen molar-refractivity contribution in [2.75, 3.05) is 7.05 Å². The molecule has 1 N–H and O–H groups in total. The van der Waals surface area contributed by atoms with Crippen LogP contribution in [0.4, 0.5) is 0 Å². The predicted molar refractivity (Wildman–Crippen MR) is 131 cm³/mol. The molecule has 0 heterocycles. The average molecular weight is 414 g/mol. The zero-order valence-electron chi connectivity index (χ0n) is 20.2. The lowest BCUT2D eigenvalue weighted by atomic mass is 10.1. The molecule has 3 heteroatoms. The van der Waals surface area contributed by atoms with Crippen LogP contribution in [0.3, 0.4) is 0 Å². The second-order valence-electron chi connectivity index (χ2n) is 7.08. The molecule has 0 spiro atoms. The highest BCUT2D eigenvalue weighted by atomic mass is 16.1. The number of Topliss-reactive ketones (excluding diaryl/α,β-unsaturated/α-hetero) is 1. The summed E-state index contributed by atoms with van der Waals surface area (Å²) in [6, 6.07) is 19.8. The van der Waals surface area contributed by atoms with Crippen molar-refractivity contribution >= 4 is 11.7 Å². The Hall–Kier alpha value is -2.42. The predicted octanol–water partition coefficient (Wildman–Crippen LogP) is 7.11. The van der Waals surface area contributed by atoms with Crippen LogP contribution in [0, 0.1) is 5.92 Å². The summed E-state index contributed by atoms with van der Waals surface area (Å²) in [5.41, 5.74) is 2.22. The average Bonchev–Trinajstić information content (AvgIpc) is 2.80. The Kier molecular flexibility index (Phi) is 21.1. The summed E-state index contributed by atoms with van der Waals surface area (Å²) < 4.78 is 0. The van der Waals surface area contributed by atoms with E-state index < -0.39 is 0 Å². The maximum absolute atomic E-state index is 10.6. The third kappa shape index (κ3) is 17.7. The zero-order valence-corrected chi connectivity index (χ0v) is 20.2. The van der Waals surface area contributed by atoms with Gasteiger partial charge in [-0.1, -0.05) is 115 Å². The molecule has 1 atom stereocenters. The summed E-state index contributed by atoms with van der Waals surface area (Å²) in [5, 5.41) is 2.58. The minimum absolute atomic E-state index is 0.121. The molecule has 0 aliphatic carbocycles. The van der Waals surface area contributed by atoms with Gasteiger partial charge in [-0.3, -0.25) is 9.59 Å². The number of unbranched alkanes of at least 4 members (excludes halogenated alkanes) is 1. The van der Waals surface area contributed by atoms with Crippen LogP contribution in [0.2, 0.25) is 0 Å². The van der Waals surface area contributed by atoms with E-state index in [9.17, 15) is 9.59 Å². The van der Waals surface area contributed by atoms with Gasteiger partial charge in [0.05, 0.1) is 0 Å². The highest BCUT2D eigenvalue weighted by molar-refractivity contribution is 5.93. The zero-order chi connectivity index (χ0) is 23.2. The van der Waals surface area contributed by atoms with Gasteiger partial charge < -0.3 is 5.32 Å². The molecule has 0 aliphatic rings. The molecule has 0 radical (unpaired) electrons. The fourth-order valence-corrected chi connectivity index (χ4v) is 2.04. The summed E-state index contributed by atoms with van der Waals surface area (Å²) in [6.07, 6.45) is 6.00. The van der Waals surface area contributed by atoms with E-state index in [0.717, 1.165) is 12.0 Å². The second kappa shape index (κ2) is 21.3. The van der Waals surface area contributed by atoms with Crippen LogP contribution >= 0.6 is 0 Å². The van der Waals surface area contributed by atoms with E-state index >= 15 is 0 Å². The number of hydrogen-bond donors (Lipinski definition) is 1. The van der Waals surface area contributed by atoms with Gasteiger partial charge in [0, 0.05) is 18.5 Å². The molecule has 30 heavy (non-hydrogen) atoms. The van der Waals surface area contributed by atoms with Crippen molar-refractivity contribution in [2.24, 2.45) is 5.92 Å². The van der Waals surface area contributed by atoms with Crippen molar-refractivity contribution in [3.8, 4) is 0 Å². The Morgan fingerprint density at radius 3 is 1.53 bits per heavy atom. The first kappa shape index (κ1) is 29.8. The number of carbonyl (C=O) groups excluding carboxylic acids is 2. The Labute approximate surface area is 185 Å². The molecule has 0 bridgehead atoms. The fourth-order valence-electron chi connectivity index (χ4n) is 2.04. The summed E-state index contributed by atoms with van der Waals surface area (Å²) in [4.78, 5) is 21.3. The topological polar surface area (TPSA) is 46.2 Å². The largest absolute Gasteiger partial charge is 0.359 e. The van der Waals surface area contributed by atoms with Gasteiger partial charge in [0.1, 0.15) is 0 Å². The van der Waals surface area contributed by atoms with Crippen LogP contribution < -0.4 is 5.32 Å². The SMILES string of the molecule is CC(=O)c1ccccc1.CCC(C)C(=O)NC.CCCC.CCCc1ccccc1. The van der Waals surface area contributed by atoms with Crippen LogP contribution in [-0.2, 0) is 11.2 Å². The minimum Gasteiger partial charge on any atom is -0.359 e. The summed E-state index contributed by atoms with van der Waals surface area (Å²) in [7, 11) is 1.66. The van der Waals surface area contributed by atoms with Crippen molar-refractivity contribution in [3.63, 3.8) is 0 Å². The van der Waals surface area contributed by atoms with E-state index in [1.807, 2.05) is 44.2 Å². The monoisotopic (exact) mass is 413 g/mol. The first-order chi connectivity index (χ1) is 14.4. The lowest BCUT2D eigenvalue weighted by Gasteiger charge is -2.03. The van der Waals surface area contributed by atoms with Gasteiger partial charge in [0.15, 0.2) is 5.78 Å². The smallest absolute Gasteiger partial charge is 0.222 e. The van der Waals surface area contributed by atoms with Gasteiger partial charge in [-0.25, -0.2) is 0 Å². The number of carbonyl (C=O) groups is 2. The molecule has 1 unspecified atom stereocenters. The maximum Gasteiger partial charge on any atom is 0.222 e. The number of rotatable bonds is 6. The van der Waals surface area contributed by atoms with Crippen LogP contribution in [0.5, 0.6) is 0 Å². The first-order valence-electron chi connectivity index (χ1n) is 11.2. The van der Waals surface area contributed by atoms with Gasteiger partial charge in [0.2, 0.25) is 5.91 Å². The molecule has 0 aliphatic heterocycles. The normalized spacial score (nSPS) is 9.97. The maximum atomic E-state index is 10.6. The molecular weight excluding hydrogens is 370 g/mol. The van der Waals surface area contributed by atoms with Crippen LogP contribution in [0.1, 0.15) is 83.1 Å². The third-order valence-corrected chi connectivity index (χ3v) is 4.37. The van der Waals surface area contributed by atoms with E-state index in [0.29, 0.717) is 0 Å². The molecule has 2 aromatic rings. The molecule has 0 fully saturated rings. The second-order valence-corrected chi connectivity index (χ2v) is 7.08. The van der Waals surface area contributed by atoms with Gasteiger partial charge in [-0.15, -0.1) is 0 Å². The third-order valence-electron chi connectivity index (χ3n) is 4.37. The summed E-state index contributed by atoms with van der Waals surface area (Å²) in [5.74, 6) is 0.420. The molecule has 2 aromatic carbocycles. The van der Waals surface area contributed by atoms with Crippen molar-refractivity contribution in [1.82, 2.24) is 5.32 Å². The Balaban J connectivity index is 0. The number of nitrogens with one attached hydrogen (secondary N) is 1. The summed E-state index contributed by atoms with van der Waals surface area (Å²) in [6.45, 7) is 12.0. The Morgan fingerprint density at radius 1 is 0.800 bits per heavy atom. The molecule has 0 saturated carbocycles. The standard InChI is InChI=1S/C9H12.C8H8O.C6H13NO.C4H10/c1-2-6-9-7-4-3-5-8-9;1-7(9)8-5-3-2-4-6-8;1-4-5(2)6(8)7-3;1-3-4-2/h3-5,7-8H,2,6H2,1H3;2-6H,1H3;5H,4H2,1-3H3,(H,7,8);3-4H2,1-2H3. The number of ketones is 1. The van der Waals surface area contributed by atoms with E-state index in [1.54, 1.807) is 14.0 Å². The summed E-state index contributed by atoms with van der Waals surface area (Å²) >= 11 is 0. The van der Waals surface area contributed by atoms with Crippen LogP contribution in [0.15, 0.2) is 60.7 Å². The number of hydrogen-bond acceptors (Lipinski definition) is 2. The number of amides is 1. The molecule has 2 rings (SSSR count). The molecule has 3 nitrogen and oxygen atoms in total. The molecule has 168 valence electrons. The van der Waals surface area contributed by atoms with Crippen molar-refractivity contribution < 1.29 is 9.59 Å². The van der Waals surface area contributed by atoms with E-state index in [-0.39, 0.29) is 17.6 Å². The lowest BCUT2D eigenvalue weighted by molar-refractivity contribution is -0.124. The van der Waals surface area contributed by atoms with E-state index in [2.05, 4.69) is 56.4 Å². The van der Waals surface area contributed by atoms with Crippen molar-refractivity contribution in [3.05, 3.63) is 71.8 Å². The Morgan fingerprint density at radius 2 is 1.27 bits per heavy atom. The minimum atomic E-state index is 0.121. The van der Waals surface area contributed by atoms with Crippen LogP contribution in [-0.4, -0.2) is 18.7 Å². The van der Waals surface area contributed by atoms with Gasteiger partial charge in [-0.05, 0) is 25.3 Å². The first-order valence-corrected chi connectivity index (χ1v) is 11.2. The number of aryl methyl sites for hydroxylation is 1. The van der Waals surface area contributed by atoms with Crippen molar-refractivity contribution in [1.29, 1.82) is 0 Å². The highest BCUT2D eigenvalue weighted by Gasteiger charge is 2.05. The fraction of sp³-hybridized carbons (Fsp3) is 0.481. The van der Waals surface area contributed by atoms with Crippen LogP contribution in [0.25, 0.3) is 0 Å². The van der Waals surface area contributed by atoms with Crippen molar-refractivity contribution in [2.45, 2.75) is 73.6 Å². The molecule has 0 aromatic heterocycles. The lowest BCUT2D eigenvalue weighted by Crippen LogP contribution is -2.24. The Bertz CT molecular complexity index is 636. The highest BCUT2D eigenvalue weighted by Crippen LogP contribution is 2.00.